The standard InChI is InChI=1S/C11H19N3/c1-2-10-8-13-9-14(10)11-4-3-6-12-7-5-11/h8-9,11-12H,2-7H2,1H3. The molecule has 1 saturated heterocycles. The molecular weight excluding hydrogens is 174 g/mol. The van der Waals surface area contributed by atoms with Crippen molar-refractivity contribution in [2.45, 2.75) is 38.6 Å². The summed E-state index contributed by atoms with van der Waals surface area (Å²) in [4.78, 5) is 4.24. The molecule has 0 aromatic carbocycles. The molecule has 3 nitrogen and oxygen atoms in total. The maximum Gasteiger partial charge on any atom is 0.0950 e. The molecule has 0 spiro atoms. The molecule has 1 aromatic heterocycles. The van der Waals surface area contributed by atoms with Gasteiger partial charge in [0, 0.05) is 17.9 Å². The Balaban J connectivity index is 2.11. The molecule has 1 aromatic rings. The summed E-state index contributed by atoms with van der Waals surface area (Å²) in [5.74, 6) is 0. The fraction of sp³-hybridized carbons (Fsp3) is 0.727. The van der Waals surface area contributed by atoms with E-state index in [1.54, 1.807) is 0 Å². The number of hydrogen-bond donors (Lipinski definition) is 1. The SMILES string of the molecule is CCc1cncn1C1CCCNCC1. The lowest BCUT2D eigenvalue weighted by Crippen LogP contribution is -2.15. The summed E-state index contributed by atoms with van der Waals surface area (Å²) in [5, 5.41) is 3.44. The van der Waals surface area contributed by atoms with Crippen LogP contribution in [0.2, 0.25) is 0 Å². The molecule has 1 fully saturated rings. The molecule has 2 heterocycles. The van der Waals surface area contributed by atoms with E-state index >= 15 is 0 Å². The number of aromatic nitrogens is 2. The average Bonchev–Trinajstić information content (AvgIpc) is 2.52. The van der Waals surface area contributed by atoms with Crippen molar-refractivity contribution in [3.05, 3.63) is 18.2 Å². The highest BCUT2D eigenvalue weighted by molar-refractivity contribution is 5.00. The Bertz CT molecular complexity index is 272. The van der Waals surface area contributed by atoms with Crippen LogP contribution in [0.15, 0.2) is 12.5 Å². The van der Waals surface area contributed by atoms with E-state index < -0.39 is 0 Å². The zero-order valence-electron chi connectivity index (χ0n) is 8.87. The number of imidazole rings is 1. The molecule has 0 saturated carbocycles. The maximum absolute atomic E-state index is 4.24. The Hall–Kier alpha value is -0.830. The van der Waals surface area contributed by atoms with E-state index in [0.717, 1.165) is 13.0 Å². The molecule has 1 atom stereocenters. The number of aryl methyl sites for hydroxylation is 1. The molecule has 1 unspecified atom stereocenters. The van der Waals surface area contributed by atoms with Crippen molar-refractivity contribution < 1.29 is 0 Å². The van der Waals surface area contributed by atoms with Gasteiger partial charge < -0.3 is 9.88 Å². The normalized spacial score (nSPS) is 23.4. The first kappa shape index (κ1) is 9.71. The van der Waals surface area contributed by atoms with Crippen LogP contribution in [0, 0.1) is 0 Å². The second-order valence-corrected chi connectivity index (χ2v) is 3.98. The number of nitrogens with zero attached hydrogens (tertiary/aromatic N) is 2. The Morgan fingerprint density at radius 3 is 3.29 bits per heavy atom. The lowest BCUT2D eigenvalue weighted by atomic mass is 10.1. The van der Waals surface area contributed by atoms with Crippen LogP contribution < -0.4 is 5.32 Å². The lowest BCUT2D eigenvalue weighted by Gasteiger charge is -2.18. The van der Waals surface area contributed by atoms with Gasteiger partial charge in [-0.15, -0.1) is 0 Å². The van der Waals surface area contributed by atoms with Gasteiger partial charge in [-0.05, 0) is 38.8 Å². The van der Waals surface area contributed by atoms with Crippen LogP contribution in [-0.2, 0) is 6.42 Å². The van der Waals surface area contributed by atoms with Crippen molar-refractivity contribution in [3.8, 4) is 0 Å². The Morgan fingerprint density at radius 2 is 2.43 bits per heavy atom. The van der Waals surface area contributed by atoms with Gasteiger partial charge in [-0.2, -0.15) is 0 Å². The van der Waals surface area contributed by atoms with Crippen LogP contribution in [0.25, 0.3) is 0 Å². The molecule has 0 radical (unpaired) electrons. The number of hydrogen-bond acceptors (Lipinski definition) is 2. The lowest BCUT2D eigenvalue weighted by molar-refractivity contribution is 0.442. The summed E-state index contributed by atoms with van der Waals surface area (Å²) in [6.45, 7) is 4.52. The summed E-state index contributed by atoms with van der Waals surface area (Å²) in [6, 6.07) is 0.669. The maximum atomic E-state index is 4.24. The van der Waals surface area contributed by atoms with Crippen LogP contribution >= 0.6 is 0 Å². The van der Waals surface area contributed by atoms with Crippen molar-refractivity contribution in [1.82, 2.24) is 14.9 Å². The van der Waals surface area contributed by atoms with E-state index in [-0.39, 0.29) is 0 Å². The molecule has 78 valence electrons. The average molecular weight is 193 g/mol. The second kappa shape index (κ2) is 4.60. The van der Waals surface area contributed by atoms with E-state index in [4.69, 9.17) is 0 Å². The van der Waals surface area contributed by atoms with Crippen molar-refractivity contribution >= 4 is 0 Å². The molecule has 0 bridgehead atoms. The van der Waals surface area contributed by atoms with Crippen LogP contribution in [0.5, 0.6) is 0 Å². The molecule has 0 amide bonds. The summed E-state index contributed by atoms with van der Waals surface area (Å²) in [6.07, 6.45) is 8.89. The predicted octanol–water partition coefficient (Wildman–Crippen LogP) is 1.76. The fourth-order valence-corrected chi connectivity index (χ4v) is 2.21. The van der Waals surface area contributed by atoms with Gasteiger partial charge in [0.1, 0.15) is 0 Å². The fourth-order valence-electron chi connectivity index (χ4n) is 2.21. The summed E-state index contributed by atoms with van der Waals surface area (Å²) < 4.78 is 2.37. The monoisotopic (exact) mass is 193 g/mol. The summed E-state index contributed by atoms with van der Waals surface area (Å²) >= 11 is 0. The van der Waals surface area contributed by atoms with Crippen molar-refractivity contribution in [1.29, 1.82) is 0 Å². The Kier molecular flexibility index (Phi) is 3.19. The molecule has 2 rings (SSSR count). The van der Waals surface area contributed by atoms with Gasteiger partial charge in [0.05, 0.1) is 6.33 Å². The van der Waals surface area contributed by atoms with Gasteiger partial charge >= 0.3 is 0 Å². The van der Waals surface area contributed by atoms with Gasteiger partial charge in [0.2, 0.25) is 0 Å². The molecule has 1 N–H and O–H groups in total. The first-order chi connectivity index (χ1) is 6.92. The van der Waals surface area contributed by atoms with Crippen LogP contribution in [0.3, 0.4) is 0 Å². The third-order valence-electron chi connectivity index (χ3n) is 3.05. The minimum atomic E-state index is 0.669. The van der Waals surface area contributed by atoms with Crippen molar-refractivity contribution in [3.63, 3.8) is 0 Å². The van der Waals surface area contributed by atoms with E-state index in [1.807, 2.05) is 12.5 Å². The van der Waals surface area contributed by atoms with Gasteiger partial charge in [0.15, 0.2) is 0 Å². The summed E-state index contributed by atoms with van der Waals surface area (Å²) in [5.41, 5.74) is 1.37. The predicted molar refractivity (Wildman–Crippen MR) is 57.4 cm³/mol. The highest BCUT2D eigenvalue weighted by atomic mass is 15.1. The molecule has 1 aliphatic rings. The number of nitrogens with one attached hydrogen (secondary N) is 1. The van der Waals surface area contributed by atoms with Gasteiger partial charge in [0.25, 0.3) is 0 Å². The van der Waals surface area contributed by atoms with E-state index in [0.29, 0.717) is 6.04 Å². The van der Waals surface area contributed by atoms with Gasteiger partial charge in [-0.3, -0.25) is 0 Å². The Labute approximate surface area is 85.5 Å². The largest absolute Gasteiger partial charge is 0.332 e. The van der Waals surface area contributed by atoms with E-state index in [2.05, 4.69) is 21.8 Å². The van der Waals surface area contributed by atoms with Gasteiger partial charge in [-0.1, -0.05) is 6.92 Å². The van der Waals surface area contributed by atoms with E-state index in [1.165, 1.54) is 31.5 Å². The topological polar surface area (TPSA) is 29.9 Å². The van der Waals surface area contributed by atoms with Crippen molar-refractivity contribution in [2.24, 2.45) is 0 Å². The zero-order valence-corrected chi connectivity index (χ0v) is 8.87. The van der Waals surface area contributed by atoms with Crippen LogP contribution in [0.1, 0.15) is 37.9 Å². The van der Waals surface area contributed by atoms with Crippen molar-refractivity contribution in [2.75, 3.05) is 13.1 Å². The van der Waals surface area contributed by atoms with Crippen LogP contribution in [-0.4, -0.2) is 22.6 Å². The molecule has 3 heteroatoms. The first-order valence-corrected chi connectivity index (χ1v) is 5.63. The van der Waals surface area contributed by atoms with Crippen LogP contribution in [0.4, 0.5) is 0 Å². The highest BCUT2D eigenvalue weighted by Gasteiger charge is 2.15. The smallest absolute Gasteiger partial charge is 0.0950 e. The zero-order chi connectivity index (χ0) is 9.80. The molecule has 1 aliphatic heterocycles. The third-order valence-corrected chi connectivity index (χ3v) is 3.05. The molecule has 0 aliphatic carbocycles. The minimum Gasteiger partial charge on any atom is -0.332 e. The Morgan fingerprint density at radius 1 is 1.50 bits per heavy atom. The minimum absolute atomic E-state index is 0.669. The van der Waals surface area contributed by atoms with E-state index in [9.17, 15) is 0 Å². The molecular formula is C11H19N3. The second-order valence-electron chi connectivity index (χ2n) is 3.98. The first-order valence-electron chi connectivity index (χ1n) is 5.63. The molecule has 14 heavy (non-hydrogen) atoms. The summed E-state index contributed by atoms with van der Waals surface area (Å²) in [7, 11) is 0. The quantitative estimate of drug-likeness (QED) is 0.775. The third kappa shape index (κ3) is 1.98. The highest BCUT2D eigenvalue weighted by Crippen LogP contribution is 2.21. The number of rotatable bonds is 2. The van der Waals surface area contributed by atoms with Gasteiger partial charge in [-0.25, -0.2) is 4.98 Å².